The van der Waals surface area contributed by atoms with Crippen molar-refractivity contribution in [2.24, 2.45) is 0 Å². The van der Waals surface area contributed by atoms with E-state index in [-0.39, 0.29) is 0 Å². The maximum atomic E-state index is 4.53. The Morgan fingerprint density at radius 1 is 1.20 bits per heavy atom. The van der Waals surface area contributed by atoms with Crippen molar-refractivity contribution in [3.63, 3.8) is 0 Å². The number of hydrogen-bond acceptors (Lipinski definition) is 5. The van der Waals surface area contributed by atoms with Crippen LogP contribution in [0.25, 0.3) is 10.6 Å². The van der Waals surface area contributed by atoms with Gasteiger partial charge in [-0.15, -0.1) is 11.3 Å². The molecule has 0 amide bonds. The van der Waals surface area contributed by atoms with Gasteiger partial charge in [0.25, 0.3) is 0 Å². The van der Waals surface area contributed by atoms with Crippen LogP contribution in [0.4, 0.5) is 5.95 Å². The van der Waals surface area contributed by atoms with E-state index >= 15 is 0 Å². The van der Waals surface area contributed by atoms with Gasteiger partial charge in [0.15, 0.2) is 0 Å². The summed E-state index contributed by atoms with van der Waals surface area (Å²) in [6, 6.07) is 7.85. The second-order valence-corrected chi connectivity index (χ2v) is 5.85. The van der Waals surface area contributed by atoms with Crippen molar-refractivity contribution in [2.45, 2.75) is 6.54 Å². The summed E-state index contributed by atoms with van der Waals surface area (Å²) < 4.78 is 1.06. The van der Waals surface area contributed by atoms with E-state index in [9.17, 15) is 0 Å². The van der Waals surface area contributed by atoms with Gasteiger partial charge < -0.3 is 5.32 Å². The third-order valence-corrected chi connectivity index (χ3v) is 4.54. The number of nitrogens with zero attached hydrogens (tertiary/aromatic N) is 3. The summed E-state index contributed by atoms with van der Waals surface area (Å²) in [7, 11) is 0. The van der Waals surface area contributed by atoms with Crippen LogP contribution in [-0.2, 0) is 6.54 Å². The van der Waals surface area contributed by atoms with Crippen LogP contribution in [0.1, 0.15) is 5.56 Å². The Morgan fingerprint density at radius 2 is 2.15 bits per heavy atom. The summed E-state index contributed by atoms with van der Waals surface area (Å²) in [5.41, 5.74) is 2.01. The van der Waals surface area contributed by atoms with Crippen LogP contribution in [-0.4, -0.2) is 15.0 Å². The molecule has 0 bridgehead atoms. The van der Waals surface area contributed by atoms with Crippen molar-refractivity contribution < 1.29 is 0 Å². The normalized spacial score (nSPS) is 10.4. The zero-order valence-electron chi connectivity index (χ0n) is 10.5. The SMILES string of the molecule is Brc1ccsc1-c1ccnc(NCc2cccnc2)n1. The lowest BCUT2D eigenvalue weighted by Gasteiger charge is -2.05. The van der Waals surface area contributed by atoms with Gasteiger partial charge >= 0.3 is 0 Å². The topological polar surface area (TPSA) is 50.7 Å². The molecule has 0 aliphatic carbocycles. The molecule has 3 heterocycles. The van der Waals surface area contributed by atoms with E-state index < -0.39 is 0 Å². The lowest BCUT2D eigenvalue weighted by atomic mass is 10.3. The van der Waals surface area contributed by atoms with Crippen molar-refractivity contribution >= 4 is 33.2 Å². The van der Waals surface area contributed by atoms with Crippen LogP contribution in [0.15, 0.2) is 52.7 Å². The second-order valence-electron chi connectivity index (χ2n) is 4.08. The van der Waals surface area contributed by atoms with Crippen LogP contribution in [0, 0.1) is 0 Å². The van der Waals surface area contributed by atoms with E-state index in [1.165, 1.54) is 0 Å². The largest absolute Gasteiger partial charge is 0.350 e. The minimum Gasteiger partial charge on any atom is -0.350 e. The van der Waals surface area contributed by atoms with Crippen LogP contribution in [0.2, 0.25) is 0 Å². The molecule has 0 unspecified atom stereocenters. The summed E-state index contributed by atoms with van der Waals surface area (Å²) in [5.74, 6) is 0.617. The number of aromatic nitrogens is 3. The molecule has 0 aromatic carbocycles. The molecule has 0 aliphatic heterocycles. The number of thiophene rings is 1. The minimum atomic E-state index is 0.617. The van der Waals surface area contributed by atoms with Gasteiger partial charge in [-0.2, -0.15) is 0 Å². The van der Waals surface area contributed by atoms with Crippen LogP contribution in [0.3, 0.4) is 0 Å². The van der Waals surface area contributed by atoms with Gasteiger partial charge in [0, 0.05) is 29.6 Å². The molecule has 4 nitrogen and oxygen atoms in total. The molecule has 0 radical (unpaired) electrons. The minimum absolute atomic E-state index is 0.617. The summed E-state index contributed by atoms with van der Waals surface area (Å²) >= 11 is 5.18. The van der Waals surface area contributed by atoms with Gasteiger partial charge in [-0.1, -0.05) is 6.07 Å². The molecule has 1 N–H and O–H groups in total. The van der Waals surface area contributed by atoms with E-state index in [1.54, 1.807) is 23.7 Å². The molecule has 6 heteroatoms. The van der Waals surface area contributed by atoms with Crippen molar-refractivity contribution in [3.05, 3.63) is 58.3 Å². The highest BCUT2D eigenvalue weighted by molar-refractivity contribution is 9.10. The smallest absolute Gasteiger partial charge is 0.223 e. The molecule has 100 valence electrons. The number of rotatable bonds is 4. The third kappa shape index (κ3) is 3.02. The lowest BCUT2D eigenvalue weighted by molar-refractivity contribution is 1.04. The first-order valence-corrected chi connectivity index (χ1v) is 7.69. The van der Waals surface area contributed by atoms with E-state index in [2.05, 4.69) is 36.2 Å². The molecule has 0 atom stereocenters. The first-order chi connectivity index (χ1) is 9.83. The molecular formula is C14H11BrN4S. The molecule has 3 aromatic heterocycles. The zero-order valence-corrected chi connectivity index (χ0v) is 12.9. The van der Waals surface area contributed by atoms with E-state index in [1.807, 2.05) is 35.8 Å². The molecule has 3 aromatic rings. The number of nitrogens with one attached hydrogen (secondary N) is 1. The average molecular weight is 347 g/mol. The molecule has 20 heavy (non-hydrogen) atoms. The summed E-state index contributed by atoms with van der Waals surface area (Å²) in [6.07, 6.45) is 5.35. The van der Waals surface area contributed by atoms with Crippen molar-refractivity contribution in [2.75, 3.05) is 5.32 Å². The van der Waals surface area contributed by atoms with Gasteiger partial charge in [0.2, 0.25) is 5.95 Å². The van der Waals surface area contributed by atoms with Crippen molar-refractivity contribution in [3.8, 4) is 10.6 Å². The number of pyridine rings is 1. The van der Waals surface area contributed by atoms with E-state index in [0.29, 0.717) is 12.5 Å². The van der Waals surface area contributed by atoms with E-state index in [0.717, 1.165) is 20.6 Å². The fraction of sp³-hybridized carbons (Fsp3) is 0.0714. The van der Waals surface area contributed by atoms with Crippen LogP contribution in [0.5, 0.6) is 0 Å². The Balaban J connectivity index is 1.77. The summed E-state index contributed by atoms with van der Waals surface area (Å²) in [6.45, 7) is 0.656. The third-order valence-electron chi connectivity index (χ3n) is 2.68. The van der Waals surface area contributed by atoms with Gasteiger partial charge in [0.05, 0.1) is 10.6 Å². The summed E-state index contributed by atoms with van der Waals surface area (Å²) in [4.78, 5) is 14.0. The first kappa shape index (κ1) is 13.2. The highest BCUT2D eigenvalue weighted by atomic mass is 79.9. The molecule has 3 rings (SSSR count). The molecule has 0 aliphatic rings. The maximum Gasteiger partial charge on any atom is 0.223 e. The fourth-order valence-corrected chi connectivity index (χ4v) is 3.28. The number of halogens is 1. The van der Waals surface area contributed by atoms with Gasteiger partial charge in [-0.25, -0.2) is 9.97 Å². The van der Waals surface area contributed by atoms with Gasteiger partial charge in [-0.3, -0.25) is 4.98 Å². The Bertz CT molecular complexity index is 699. The Morgan fingerprint density at radius 3 is 2.90 bits per heavy atom. The average Bonchev–Trinajstić information content (AvgIpc) is 2.93. The lowest BCUT2D eigenvalue weighted by Crippen LogP contribution is -2.03. The summed E-state index contributed by atoms with van der Waals surface area (Å²) in [5, 5.41) is 5.24. The Hall–Kier alpha value is -1.79. The number of anilines is 1. The highest BCUT2D eigenvalue weighted by Gasteiger charge is 2.07. The molecule has 0 saturated carbocycles. The predicted octanol–water partition coefficient (Wildman–Crippen LogP) is 3.97. The number of hydrogen-bond donors (Lipinski definition) is 1. The fourth-order valence-electron chi connectivity index (χ4n) is 1.73. The van der Waals surface area contributed by atoms with Crippen LogP contribution >= 0.6 is 27.3 Å². The Labute approximate surface area is 129 Å². The highest BCUT2D eigenvalue weighted by Crippen LogP contribution is 2.32. The maximum absolute atomic E-state index is 4.53. The zero-order chi connectivity index (χ0) is 13.8. The van der Waals surface area contributed by atoms with Crippen molar-refractivity contribution in [1.82, 2.24) is 15.0 Å². The molecule has 0 saturated heterocycles. The van der Waals surface area contributed by atoms with E-state index in [4.69, 9.17) is 0 Å². The standard InChI is InChI=1S/C14H11BrN4S/c15-11-4-7-20-13(11)12-3-6-17-14(19-12)18-9-10-2-1-5-16-8-10/h1-8H,9H2,(H,17,18,19). The van der Waals surface area contributed by atoms with Crippen molar-refractivity contribution in [1.29, 1.82) is 0 Å². The van der Waals surface area contributed by atoms with Gasteiger partial charge in [-0.05, 0) is 45.1 Å². The van der Waals surface area contributed by atoms with Gasteiger partial charge in [0.1, 0.15) is 0 Å². The quantitative estimate of drug-likeness (QED) is 0.776. The first-order valence-electron chi connectivity index (χ1n) is 6.02. The molecule has 0 fully saturated rings. The molecular weight excluding hydrogens is 336 g/mol. The monoisotopic (exact) mass is 346 g/mol. The second kappa shape index (κ2) is 6.11. The predicted molar refractivity (Wildman–Crippen MR) is 84.6 cm³/mol. The van der Waals surface area contributed by atoms with Crippen LogP contribution < -0.4 is 5.32 Å². The molecule has 0 spiro atoms. The Kier molecular flexibility index (Phi) is 4.03.